The second-order valence-corrected chi connectivity index (χ2v) is 8.92. The van der Waals surface area contributed by atoms with E-state index in [0.29, 0.717) is 12.4 Å². The highest BCUT2D eigenvalue weighted by molar-refractivity contribution is 5.81. The number of carbonyl (C=O) groups is 2. The molecule has 0 aromatic heterocycles. The van der Waals surface area contributed by atoms with Crippen LogP contribution in [0.1, 0.15) is 37.5 Å². The number of hydrogen-bond acceptors (Lipinski definition) is 5. The summed E-state index contributed by atoms with van der Waals surface area (Å²) in [7, 11) is 0. The van der Waals surface area contributed by atoms with Crippen LogP contribution in [-0.2, 0) is 33.9 Å². The lowest BCUT2D eigenvalue weighted by molar-refractivity contribution is -0.147. The van der Waals surface area contributed by atoms with Gasteiger partial charge in [0.1, 0.15) is 30.6 Å². The highest BCUT2D eigenvalue weighted by Crippen LogP contribution is 2.17. The predicted molar refractivity (Wildman–Crippen MR) is 130 cm³/mol. The molecule has 0 saturated carbocycles. The zero-order valence-corrected chi connectivity index (χ0v) is 19.8. The molecule has 3 aromatic rings. The molecule has 0 aliphatic rings. The van der Waals surface area contributed by atoms with Gasteiger partial charge in [-0.1, -0.05) is 72.8 Å². The Hall–Kier alpha value is -3.80. The Bertz CT molecular complexity index is 1060. The van der Waals surface area contributed by atoms with Crippen LogP contribution in [0.3, 0.4) is 0 Å². The van der Waals surface area contributed by atoms with Gasteiger partial charge in [-0.3, -0.25) is 0 Å². The zero-order chi connectivity index (χ0) is 24.4. The van der Waals surface area contributed by atoms with Crippen LogP contribution in [0.25, 0.3) is 0 Å². The van der Waals surface area contributed by atoms with Crippen molar-refractivity contribution in [3.63, 3.8) is 0 Å². The second kappa shape index (κ2) is 11.9. The van der Waals surface area contributed by atoms with Gasteiger partial charge in [-0.15, -0.1) is 0 Å². The van der Waals surface area contributed by atoms with Crippen molar-refractivity contribution in [2.45, 2.75) is 52.0 Å². The highest BCUT2D eigenvalue weighted by atomic mass is 16.6. The van der Waals surface area contributed by atoms with Gasteiger partial charge in [0.15, 0.2) is 0 Å². The maximum atomic E-state index is 12.9. The Morgan fingerprint density at radius 1 is 0.794 bits per heavy atom. The highest BCUT2D eigenvalue weighted by Gasteiger charge is 2.26. The van der Waals surface area contributed by atoms with Gasteiger partial charge in [0.2, 0.25) is 0 Å². The zero-order valence-electron chi connectivity index (χ0n) is 19.8. The lowest BCUT2D eigenvalue weighted by Gasteiger charge is -2.23. The fourth-order valence-corrected chi connectivity index (χ4v) is 3.21. The first-order chi connectivity index (χ1) is 16.3. The quantitative estimate of drug-likeness (QED) is 0.429. The number of esters is 1. The van der Waals surface area contributed by atoms with Gasteiger partial charge in [-0.2, -0.15) is 0 Å². The minimum Gasteiger partial charge on any atom is -0.489 e. The molecule has 6 heteroatoms. The fourth-order valence-electron chi connectivity index (χ4n) is 3.21. The molecule has 0 spiro atoms. The maximum Gasteiger partial charge on any atom is 0.408 e. The average molecular weight is 462 g/mol. The lowest BCUT2D eigenvalue weighted by atomic mass is 10.1. The summed E-state index contributed by atoms with van der Waals surface area (Å²) in [4.78, 5) is 25.3. The van der Waals surface area contributed by atoms with Crippen molar-refractivity contribution in [2.75, 3.05) is 0 Å². The molecule has 34 heavy (non-hydrogen) atoms. The van der Waals surface area contributed by atoms with E-state index >= 15 is 0 Å². The van der Waals surface area contributed by atoms with E-state index in [1.54, 1.807) is 20.8 Å². The third kappa shape index (κ3) is 8.62. The summed E-state index contributed by atoms with van der Waals surface area (Å²) in [6.07, 6.45) is -0.444. The van der Waals surface area contributed by atoms with Crippen molar-refractivity contribution in [3.05, 3.63) is 102 Å². The largest absolute Gasteiger partial charge is 0.489 e. The topological polar surface area (TPSA) is 73.9 Å². The molecule has 6 nitrogen and oxygen atoms in total. The minimum atomic E-state index is -0.914. The van der Waals surface area contributed by atoms with Gasteiger partial charge in [0.25, 0.3) is 0 Å². The molecule has 0 heterocycles. The standard InChI is InChI=1S/C28H31NO5/c1-28(2,3)34-27(31)29-25(26(30)33-20-22-13-8-5-9-14-22)18-23-15-10-16-24(17-23)32-19-21-11-6-4-7-12-21/h4-17,25H,18-20H2,1-3H3,(H,29,31)/t25-/m0/s1. The van der Waals surface area contributed by atoms with Crippen LogP contribution in [0.4, 0.5) is 4.79 Å². The lowest BCUT2D eigenvalue weighted by Crippen LogP contribution is -2.45. The molecule has 1 atom stereocenters. The number of hydrogen-bond donors (Lipinski definition) is 1. The maximum absolute atomic E-state index is 12.9. The van der Waals surface area contributed by atoms with Crippen LogP contribution in [-0.4, -0.2) is 23.7 Å². The molecule has 0 aliphatic heterocycles. The average Bonchev–Trinajstić information content (AvgIpc) is 2.81. The van der Waals surface area contributed by atoms with E-state index in [1.807, 2.05) is 84.9 Å². The Morgan fingerprint density at radius 2 is 1.38 bits per heavy atom. The molecule has 0 fully saturated rings. The van der Waals surface area contributed by atoms with Gasteiger partial charge in [0, 0.05) is 6.42 Å². The van der Waals surface area contributed by atoms with E-state index in [4.69, 9.17) is 14.2 Å². The number of amides is 1. The van der Waals surface area contributed by atoms with Crippen molar-refractivity contribution >= 4 is 12.1 Å². The summed E-state index contributed by atoms with van der Waals surface area (Å²) < 4.78 is 16.7. The van der Waals surface area contributed by atoms with E-state index in [2.05, 4.69) is 5.32 Å². The number of carbonyl (C=O) groups excluding carboxylic acids is 2. The summed E-state index contributed by atoms with van der Waals surface area (Å²) in [5.41, 5.74) is 2.06. The number of nitrogens with one attached hydrogen (secondary N) is 1. The molecule has 3 aromatic carbocycles. The first kappa shape index (κ1) is 24.8. The number of ether oxygens (including phenoxy) is 3. The van der Waals surface area contributed by atoms with Gasteiger partial charge in [-0.05, 0) is 49.6 Å². The molecule has 0 radical (unpaired) electrons. The molecular weight excluding hydrogens is 430 g/mol. The smallest absolute Gasteiger partial charge is 0.408 e. The summed E-state index contributed by atoms with van der Waals surface area (Å²) in [6, 6.07) is 25.8. The Labute approximate surface area is 200 Å². The number of alkyl carbamates (subject to hydrolysis) is 1. The third-order valence-corrected chi connectivity index (χ3v) is 4.79. The van der Waals surface area contributed by atoms with Crippen LogP contribution in [0.15, 0.2) is 84.9 Å². The van der Waals surface area contributed by atoms with Crippen LogP contribution in [0.5, 0.6) is 5.75 Å². The Morgan fingerprint density at radius 3 is 2.00 bits per heavy atom. The number of rotatable bonds is 9. The first-order valence-corrected chi connectivity index (χ1v) is 11.2. The van der Waals surface area contributed by atoms with Crippen molar-refractivity contribution in [3.8, 4) is 5.75 Å². The van der Waals surface area contributed by atoms with Gasteiger partial charge >= 0.3 is 12.1 Å². The summed E-state index contributed by atoms with van der Waals surface area (Å²) in [6.45, 7) is 5.85. The van der Waals surface area contributed by atoms with E-state index in [0.717, 1.165) is 16.7 Å². The van der Waals surface area contributed by atoms with Crippen molar-refractivity contribution < 1.29 is 23.8 Å². The molecule has 178 valence electrons. The van der Waals surface area contributed by atoms with Crippen molar-refractivity contribution in [1.29, 1.82) is 0 Å². The van der Waals surface area contributed by atoms with E-state index in [1.165, 1.54) is 0 Å². The van der Waals surface area contributed by atoms with Crippen LogP contribution >= 0.6 is 0 Å². The Balaban J connectivity index is 1.68. The predicted octanol–water partition coefficient (Wildman–Crippen LogP) is 5.44. The fraction of sp³-hybridized carbons (Fsp3) is 0.286. The number of benzene rings is 3. The molecule has 0 unspecified atom stereocenters. The van der Waals surface area contributed by atoms with Crippen LogP contribution in [0, 0.1) is 0 Å². The molecule has 3 rings (SSSR count). The molecule has 0 saturated heterocycles. The molecule has 0 aliphatic carbocycles. The van der Waals surface area contributed by atoms with Crippen LogP contribution in [0.2, 0.25) is 0 Å². The van der Waals surface area contributed by atoms with Gasteiger partial charge in [-0.25, -0.2) is 9.59 Å². The summed E-state index contributed by atoms with van der Waals surface area (Å²) in [5, 5.41) is 2.66. The SMILES string of the molecule is CC(C)(C)OC(=O)N[C@@H](Cc1cccc(OCc2ccccc2)c1)C(=O)OCc1ccccc1. The van der Waals surface area contributed by atoms with E-state index in [9.17, 15) is 9.59 Å². The van der Waals surface area contributed by atoms with Gasteiger partial charge in [0.05, 0.1) is 0 Å². The Kier molecular flexibility index (Phi) is 8.68. The molecule has 1 N–H and O–H groups in total. The van der Waals surface area contributed by atoms with E-state index in [-0.39, 0.29) is 13.0 Å². The molecule has 0 bridgehead atoms. The first-order valence-electron chi connectivity index (χ1n) is 11.2. The second-order valence-electron chi connectivity index (χ2n) is 8.92. The van der Waals surface area contributed by atoms with Crippen LogP contribution < -0.4 is 10.1 Å². The van der Waals surface area contributed by atoms with Gasteiger partial charge < -0.3 is 19.5 Å². The molecular formula is C28H31NO5. The van der Waals surface area contributed by atoms with E-state index < -0.39 is 23.7 Å². The third-order valence-electron chi connectivity index (χ3n) is 4.79. The van der Waals surface area contributed by atoms with Crippen molar-refractivity contribution in [1.82, 2.24) is 5.32 Å². The van der Waals surface area contributed by atoms with Crippen molar-refractivity contribution in [2.24, 2.45) is 0 Å². The minimum absolute atomic E-state index is 0.117. The monoisotopic (exact) mass is 461 g/mol. The molecule has 1 amide bonds. The summed E-state index contributed by atoms with van der Waals surface area (Å²) >= 11 is 0. The normalized spacial score (nSPS) is 11.9. The summed E-state index contributed by atoms with van der Waals surface area (Å²) in [5.74, 6) is 0.139.